The summed E-state index contributed by atoms with van der Waals surface area (Å²) in [6.45, 7) is 0.605. The first-order valence-electron chi connectivity index (χ1n) is 4.75. The van der Waals surface area contributed by atoms with Crippen molar-refractivity contribution in [1.82, 2.24) is 9.78 Å². The fraction of sp³-hybridized carbons (Fsp3) is 0.667. The monoisotopic (exact) mass is 183 g/mol. The van der Waals surface area contributed by atoms with Gasteiger partial charge in [0.1, 0.15) is 0 Å². The minimum atomic E-state index is -0.157. The summed E-state index contributed by atoms with van der Waals surface area (Å²) in [5.74, 6) is -0.157. The number of hydrogen-bond acceptors (Lipinski definition) is 2. The molecule has 1 aromatic heterocycles. The molecule has 72 valence electrons. The van der Waals surface area contributed by atoms with Crippen molar-refractivity contribution in [2.24, 2.45) is 5.73 Å². The highest BCUT2D eigenvalue weighted by molar-refractivity contribution is 5.08. The van der Waals surface area contributed by atoms with Gasteiger partial charge >= 0.3 is 0 Å². The molecule has 0 radical (unpaired) electrons. The fourth-order valence-corrected chi connectivity index (χ4v) is 1.42. The lowest BCUT2D eigenvalue weighted by atomic mass is 10.2. The molecule has 1 fully saturated rings. The number of nitrogens with zero attached hydrogens (tertiary/aromatic N) is 2. The molecular formula is C9H14FN3. The van der Waals surface area contributed by atoms with Gasteiger partial charge in [-0.2, -0.15) is 9.49 Å². The zero-order valence-electron chi connectivity index (χ0n) is 7.54. The molecule has 0 amide bonds. The Kier molecular flexibility index (Phi) is 2.31. The van der Waals surface area contributed by atoms with Crippen LogP contribution in [0.1, 0.15) is 30.9 Å². The first-order chi connectivity index (χ1) is 6.33. The van der Waals surface area contributed by atoms with E-state index < -0.39 is 0 Å². The Bertz CT molecular complexity index is 291. The van der Waals surface area contributed by atoms with Crippen LogP contribution in [0.25, 0.3) is 0 Å². The van der Waals surface area contributed by atoms with Crippen LogP contribution in [0.15, 0.2) is 6.20 Å². The molecule has 2 rings (SSSR count). The highest BCUT2D eigenvalue weighted by atomic mass is 19.1. The molecule has 0 aromatic carbocycles. The van der Waals surface area contributed by atoms with Gasteiger partial charge in [0.25, 0.3) is 0 Å². The molecule has 2 N–H and O–H groups in total. The zero-order valence-corrected chi connectivity index (χ0v) is 7.54. The number of aromatic nitrogens is 2. The Morgan fingerprint density at radius 1 is 1.62 bits per heavy atom. The van der Waals surface area contributed by atoms with Gasteiger partial charge in [0.15, 0.2) is 0 Å². The van der Waals surface area contributed by atoms with Crippen molar-refractivity contribution in [3.05, 3.63) is 17.7 Å². The Labute approximate surface area is 76.7 Å². The molecule has 1 aliphatic carbocycles. The minimum absolute atomic E-state index is 0.157. The van der Waals surface area contributed by atoms with Crippen molar-refractivity contribution in [3.63, 3.8) is 0 Å². The van der Waals surface area contributed by atoms with Crippen molar-refractivity contribution in [1.29, 1.82) is 0 Å². The minimum Gasteiger partial charge on any atom is -0.330 e. The van der Waals surface area contributed by atoms with E-state index in [1.54, 1.807) is 6.20 Å². The predicted molar refractivity (Wildman–Crippen MR) is 47.8 cm³/mol. The Hall–Kier alpha value is -0.900. The number of halogens is 1. The van der Waals surface area contributed by atoms with Gasteiger partial charge in [-0.3, -0.25) is 0 Å². The quantitative estimate of drug-likeness (QED) is 0.763. The second-order valence-electron chi connectivity index (χ2n) is 3.53. The van der Waals surface area contributed by atoms with E-state index >= 15 is 0 Å². The number of nitrogens with two attached hydrogens (primary N) is 1. The average molecular weight is 183 g/mol. The largest absolute Gasteiger partial charge is 0.330 e. The van der Waals surface area contributed by atoms with Gasteiger partial charge in [0.2, 0.25) is 5.95 Å². The second-order valence-corrected chi connectivity index (χ2v) is 3.53. The SMILES string of the molecule is NCCCc1cnn(C2CC2)c1F. The van der Waals surface area contributed by atoms with Gasteiger partial charge in [-0.15, -0.1) is 0 Å². The van der Waals surface area contributed by atoms with Crippen LogP contribution in [-0.4, -0.2) is 16.3 Å². The molecule has 0 saturated heterocycles. The average Bonchev–Trinajstić information content (AvgIpc) is 2.89. The fourth-order valence-electron chi connectivity index (χ4n) is 1.42. The predicted octanol–water partition coefficient (Wildman–Crippen LogP) is 1.25. The van der Waals surface area contributed by atoms with Crippen LogP contribution in [0.3, 0.4) is 0 Å². The van der Waals surface area contributed by atoms with Crippen LogP contribution in [0, 0.1) is 5.95 Å². The lowest BCUT2D eigenvalue weighted by Crippen LogP contribution is -2.03. The lowest BCUT2D eigenvalue weighted by Gasteiger charge is -1.98. The molecule has 13 heavy (non-hydrogen) atoms. The van der Waals surface area contributed by atoms with Crippen LogP contribution in [0.2, 0.25) is 0 Å². The van der Waals surface area contributed by atoms with Gasteiger partial charge in [-0.1, -0.05) is 0 Å². The molecule has 0 bridgehead atoms. The maximum atomic E-state index is 13.5. The first-order valence-corrected chi connectivity index (χ1v) is 4.75. The summed E-state index contributed by atoms with van der Waals surface area (Å²) < 4.78 is 15.0. The molecule has 0 atom stereocenters. The van der Waals surface area contributed by atoms with E-state index in [0.29, 0.717) is 24.6 Å². The molecule has 0 aliphatic heterocycles. The Balaban J connectivity index is 2.08. The molecule has 4 heteroatoms. The van der Waals surface area contributed by atoms with Crippen LogP contribution < -0.4 is 5.73 Å². The number of rotatable bonds is 4. The smallest absolute Gasteiger partial charge is 0.214 e. The molecule has 0 spiro atoms. The zero-order chi connectivity index (χ0) is 9.26. The topological polar surface area (TPSA) is 43.8 Å². The molecular weight excluding hydrogens is 169 g/mol. The molecule has 1 aliphatic rings. The second kappa shape index (κ2) is 3.46. The Morgan fingerprint density at radius 3 is 3.00 bits per heavy atom. The van der Waals surface area contributed by atoms with E-state index in [-0.39, 0.29) is 5.95 Å². The van der Waals surface area contributed by atoms with Crippen LogP contribution in [0.4, 0.5) is 4.39 Å². The van der Waals surface area contributed by atoms with Gasteiger partial charge in [-0.25, -0.2) is 4.68 Å². The molecule has 1 aromatic rings. The summed E-state index contributed by atoms with van der Waals surface area (Å²) in [4.78, 5) is 0. The maximum Gasteiger partial charge on any atom is 0.214 e. The van der Waals surface area contributed by atoms with Crippen LogP contribution in [-0.2, 0) is 6.42 Å². The maximum absolute atomic E-state index is 13.5. The van der Waals surface area contributed by atoms with E-state index in [0.717, 1.165) is 19.3 Å². The van der Waals surface area contributed by atoms with E-state index in [1.165, 1.54) is 4.68 Å². The molecule has 0 unspecified atom stereocenters. The summed E-state index contributed by atoms with van der Waals surface area (Å²) in [5, 5.41) is 4.03. The van der Waals surface area contributed by atoms with Crippen LogP contribution in [0.5, 0.6) is 0 Å². The van der Waals surface area contributed by atoms with Crippen LogP contribution >= 0.6 is 0 Å². The highest BCUT2D eigenvalue weighted by Gasteiger charge is 2.27. The summed E-state index contributed by atoms with van der Waals surface area (Å²) in [7, 11) is 0. The van der Waals surface area contributed by atoms with Gasteiger partial charge in [-0.05, 0) is 32.2 Å². The van der Waals surface area contributed by atoms with Crippen molar-refractivity contribution >= 4 is 0 Å². The standard InChI is InChI=1S/C9H14FN3/c10-9-7(2-1-5-11)6-12-13(9)8-3-4-8/h6,8H,1-5,11H2. The summed E-state index contributed by atoms with van der Waals surface area (Å²) in [6.07, 6.45) is 5.29. The summed E-state index contributed by atoms with van der Waals surface area (Å²) in [6, 6.07) is 0.326. The van der Waals surface area contributed by atoms with Crippen molar-refractivity contribution in [2.45, 2.75) is 31.7 Å². The van der Waals surface area contributed by atoms with Crippen molar-refractivity contribution < 1.29 is 4.39 Å². The molecule has 1 heterocycles. The summed E-state index contributed by atoms with van der Waals surface area (Å²) >= 11 is 0. The normalized spacial score (nSPS) is 16.5. The molecule has 3 nitrogen and oxygen atoms in total. The Morgan fingerprint density at radius 2 is 2.38 bits per heavy atom. The lowest BCUT2D eigenvalue weighted by molar-refractivity contribution is 0.455. The number of aryl methyl sites for hydroxylation is 1. The number of hydrogen-bond donors (Lipinski definition) is 1. The van der Waals surface area contributed by atoms with E-state index in [2.05, 4.69) is 5.10 Å². The van der Waals surface area contributed by atoms with E-state index in [9.17, 15) is 4.39 Å². The van der Waals surface area contributed by atoms with E-state index in [1.807, 2.05) is 0 Å². The van der Waals surface area contributed by atoms with E-state index in [4.69, 9.17) is 5.73 Å². The van der Waals surface area contributed by atoms with Gasteiger partial charge in [0, 0.05) is 5.56 Å². The third-order valence-corrected chi connectivity index (χ3v) is 2.35. The third kappa shape index (κ3) is 1.72. The first kappa shape index (κ1) is 8.69. The molecule has 1 saturated carbocycles. The van der Waals surface area contributed by atoms with Crippen molar-refractivity contribution in [3.8, 4) is 0 Å². The van der Waals surface area contributed by atoms with Crippen molar-refractivity contribution in [2.75, 3.05) is 6.54 Å². The van der Waals surface area contributed by atoms with Gasteiger partial charge in [0.05, 0.1) is 12.2 Å². The highest BCUT2D eigenvalue weighted by Crippen LogP contribution is 2.35. The third-order valence-electron chi connectivity index (χ3n) is 2.35. The van der Waals surface area contributed by atoms with Gasteiger partial charge < -0.3 is 5.73 Å². The summed E-state index contributed by atoms with van der Waals surface area (Å²) in [5.41, 5.74) is 6.06.